The molecular formula is C28H25N5O3. The molecule has 36 heavy (non-hydrogen) atoms. The molecule has 4 aromatic rings. The second-order valence-corrected chi connectivity index (χ2v) is 8.87. The van der Waals surface area contributed by atoms with E-state index in [2.05, 4.69) is 25.6 Å². The van der Waals surface area contributed by atoms with Crippen molar-refractivity contribution >= 4 is 17.5 Å². The smallest absolute Gasteiger partial charge is 0.271 e. The van der Waals surface area contributed by atoms with E-state index in [0.717, 1.165) is 16.7 Å². The number of amides is 2. The third-order valence-corrected chi connectivity index (χ3v) is 6.42. The summed E-state index contributed by atoms with van der Waals surface area (Å²) in [5.74, 6) is -0.710. The Morgan fingerprint density at radius 3 is 2.39 bits per heavy atom. The molecule has 2 amide bonds. The molecule has 0 aliphatic heterocycles. The van der Waals surface area contributed by atoms with Crippen LogP contribution in [0.4, 0.5) is 5.69 Å². The van der Waals surface area contributed by atoms with Crippen LogP contribution in [0, 0.1) is 0 Å². The third kappa shape index (κ3) is 4.93. The van der Waals surface area contributed by atoms with Crippen LogP contribution >= 0.6 is 0 Å². The number of pyridine rings is 3. The number of nitrogens with zero attached hydrogens (tertiary/aromatic N) is 2. The minimum atomic E-state index is -0.884. The molecule has 1 aliphatic rings. The van der Waals surface area contributed by atoms with Gasteiger partial charge in [0, 0.05) is 36.8 Å². The number of carbonyl (C=O) groups is 2. The fourth-order valence-electron chi connectivity index (χ4n) is 4.23. The second-order valence-electron chi connectivity index (χ2n) is 8.87. The van der Waals surface area contributed by atoms with Gasteiger partial charge in [-0.1, -0.05) is 36.4 Å². The highest BCUT2D eigenvalue weighted by atomic mass is 16.2. The molecule has 5 rings (SSSR count). The second kappa shape index (κ2) is 9.95. The Balaban J connectivity index is 1.40. The van der Waals surface area contributed by atoms with E-state index in [-0.39, 0.29) is 18.0 Å². The van der Waals surface area contributed by atoms with Crippen LogP contribution in [0.1, 0.15) is 24.1 Å². The van der Waals surface area contributed by atoms with Crippen LogP contribution in [-0.4, -0.2) is 32.8 Å². The molecule has 0 bridgehead atoms. The van der Waals surface area contributed by atoms with Crippen molar-refractivity contribution in [2.75, 3.05) is 5.32 Å². The van der Waals surface area contributed by atoms with Crippen LogP contribution in [0.2, 0.25) is 0 Å². The van der Waals surface area contributed by atoms with Crippen molar-refractivity contribution in [3.05, 3.63) is 113 Å². The Labute approximate surface area is 207 Å². The van der Waals surface area contributed by atoms with Gasteiger partial charge in [0.15, 0.2) is 0 Å². The number of carbonyl (C=O) groups excluding carboxylic acids is 2. The van der Waals surface area contributed by atoms with E-state index in [1.807, 2.05) is 54.6 Å². The maximum Gasteiger partial charge on any atom is 0.271 e. The molecule has 3 aromatic heterocycles. The Morgan fingerprint density at radius 1 is 0.944 bits per heavy atom. The average molecular weight is 480 g/mol. The quantitative estimate of drug-likeness (QED) is 0.359. The number of nitrogens with one attached hydrogen (secondary N) is 3. The molecule has 0 radical (unpaired) electrons. The van der Waals surface area contributed by atoms with Gasteiger partial charge in [0.2, 0.25) is 11.8 Å². The van der Waals surface area contributed by atoms with Crippen molar-refractivity contribution in [2.24, 2.45) is 0 Å². The molecule has 1 atom stereocenters. The highest BCUT2D eigenvalue weighted by Crippen LogP contribution is 2.47. The SMILES string of the molecule is O=C(Nc1cc(-c2ccncc2)c[nH]c1=O)[C@H](Cc1ccccc1)NC(=O)C1(c2ccccn2)CC1. The first-order valence-corrected chi connectivity index (χ1v) is 11.8. The first-order valence-electron chi connectivity index (χ1n) is 11.8. The monoisotopic (exact) mass is 479 g/mol. The number of rotatable bonds is 8. The number of H-pyrrole nitrogens is 1. The molecule has 3 N–H and O–H groups in total. The van der Waals surface area contributed by atoms with E-state index in [1.165, 1.54) is 0 Å². The maximum atomic E-state index is 13.4. The van der Waals surface area contributed by atoms with Gasteiger partial charge in [-0.3, -0.25) is 24.4 Å². The van der Waals surface area contributed by atoms with E-state index in [9.17, 15) is 14.4 Å². The van der Waals surface area contributed by atoms with Crippen LogP contribution in [0.5, 0.6) is 0 Å². The summed E-state index contributed by atoms with van der Waals surface area (Å²) in [7, 11) is 0. The molecule has 1 aromatic carbocycles. The largest absolute Gasteiger partial charge is 0.343 e. The molecule has 1 aliphatic carbocycles. The van der Waals surface area contributed by atoms with E-state index in [0.29, 0.717) is 18.5 Å². The number of aromatic amines is 1. The summed E-state index contributed by atoms with van der Waals surface area (Å²) in [6, 6.07) is 19.3. The van der Waals surface area contributed by atoms with Crippen LogP contribution in [0.15, 0.2) is 96.3 Å². The first-order chi connectivity index (χ1) is 17.5. The van der Waals surface area contributed by atoms with Crippen LogP contribution in [0.3, 0.4) is 0 Å². The van der Waals surface area contributed by atoms with E-state index < -0.39 is 22.9 Å². The molecule has 0 spiro atoms. The molecule has 0 unspecified atom stereocenters. The molecule has 1 saturated carbocycles. The lowest BCUT2D eigenvalue weighted by Crippen LogP contribution is -2.49. The van der Waals surface area contributed by atoms with Crippen molar-refractivity contribution in [3.8, 4) is 11.1 Å². The third-order valence-electron chi connectivity index (χ3n) is 6.42. The fraction of sp³-hybridized carbons (Fsp3) is 0.179. The number of benzene rings is 1. The number of anilines is 1. The topological polar surface area (TPSA) is 117 Å². The van der Waals surface area contributed by atoms with Gasteiger partial charge in [0.25, 0.3) is 5.56 Å². The Bertz CT molecular complexity index is 1420. The minimum Gasteiger partial charge on any atom is -0.343 e. The Hall–Kier alpha value is -4.59. The zero-order valence-electron chi connectivity index (χ0n) is 19.5. The zero-order valence-corrected chi connectivity index (χ0v) is 19.5. The van der Waals surface area contributed by atoms with Crippen molar-refractivity contribution in [1.82, 2.24) is 20.3 Å². The average Bonchev–Trinajstić information content (AvgIpc) is 3.73. The highest BCUT2D eigenvalue weighted by molar-refractivity contribution is 6.00. The van der Waals surface area contributed by atoms with E-state index in [4.69, 9.17) is 0 Å². The van der Waals surface area contributed by atoms with Crippen LogP contribution in [0.25, 0.3) is 11.1 Å². The number of hydrogen-bond acceptors (Lipinski definition) is 5. The molecule has 1 fully saturated rings. The normalized spacial score (nSPS) is 14.4. The van der Waals surface area contributed by atoms with Gasteiger partial charge in [-0.15, -0.1) is 0 Å². The standard InChI is InChI=1S/C28H25N5O3/c34-25-23(17-21(18-31-25)20-9-14-29-15-10-20)32-26(35)22(16-19-6-2-1-3-7-19)33-27(36)28(11-12-28)24-8-4-5-13-30-24/h1-10,13-15,17-18,22H,11-12,16H2,(H,31,34)(H,32,35)(H,33,36)/t22-/m0/s1. The van der Waals surface area contributed by atoms with Gasteiger partial charge >= 0.3 is 0 Å². The lowest BCUT2D eigenvalue weighted by Gasteiger charge is -2.22. The molecular weight excluding hydrogens is 454 g/mol. The summed E-state index contributed by atoms with van der Waals surface area (Å²) in [5, 5.41) is 5.67. The molecule has 8 heteroatoms. The summed E-state index contributed by atoms with van der Waals surface area (Å²) in [5.41, 5.74) is 2.10. The Kier molecular flexibility index (Phi) is 6.40. The number of hydrogen-bond donors (Lipinski definition) is 3. The van der Waals surface area contributed by atoms with Gasteiger partial charge in [0.1, 0.15) is 11.7 Å². The minimum absolute atomic E-state index is 0.104. The summed E-state index contributed by atoms with van der Waals surface area (Å²) < 4.78 is 0. The van der Waals surface area contributed by atoms with Gasteiger partial charge < -0.3 is 15.6 Å². The van der Waals surface area contributed by atoms with E-state index in [1.54, 1.807) is 36.9 Å². The summed E-state index contributed by atoms with van der Waals surface area (Å²) >= 11 is 0. The van der Waals surface area contributed by atoms with Gasteiger partial charge in [-0.05, 0) is 54.3 Å². The first kappa shape index (κ1) is 23.2. The summed E-state index contributed by atoms with van der Waals surface area (Å²) in [6.45, 7) is 0. The molecule has 8 nitrogen and oxygen atoms in total. The molecule has 3 heterocycles. The number of aromatic nitrogens is 3. The van der Waals surface area contributed by atoms with Crippen molar-refractivity contribution < 1.29 is 9.59 Å². The highest BCUT2D eigenvalue weighted by Gasteiger charge is 2.53. The van der Waals surface area contributed by atoms with Crippen molar-refractivity contribution in [3.63, 3.8) is 0 Å². The lowest BCUT2D eigenvalue weighted by molar-refractivity contribution is -0.128. The van der Waals surface area contributed by atoms with Crippen molar-refractivity contribution in [2.45, 2.75) is 30.7 Å². The van der Waals surface area contributed by atoms with Gasteiger partial charge in [-0.25, -0.2) is 0 Å². The van der Waals surface area contributed by atoms with Gasteiger partial charge in [0.05, 0.1) is 11.1 Å². The predicted molar refractivity (Wildman–Crippen MR) is 136 cm³/mol. The zero-order chi connectivity index (χ0) is 25.0. The summed E-state index contributed by atoms with van der Waals surface area (Å²) in [6.07, 6.45) is 8.17. The fourth-order valence-corrected chi connectivity index (χ4v) is 4.23. The Morgan fingerprint density at radius 2 is 1.69 bits per heavy atom. The van der Waals surface area contributed by atoms with Crippen LogP contribution in [-0.2, 0) is 21.4 Å². The van der Waals surface area contributed by atoms with Crippen molar-refractivity contribution in [1.29, 1.82) is 0 Å². The summed E-state index contributed by atoms with van der Waals surface area (Å²) in [4.78, 5) is 50.4. The molecule has 180 valence electrons. The maximum absolute atomic E-state index is 13.4. The predicted octanol–water partition coefficient (Wildman–Crippen LogP) is 3.23. The lowest BCUT2D eigenvalue weighted by atomic mass is 9.98. The van der Waals surface area contributed by atoms with E-state index >= 15 is 0 Å². The van der Waals surface area contributed by atoms with Gasteiger partial charge in [-0.2, -0.15) is 0 Å². The van der Waals surface area contributed by atoms with Crippen LogP contribution < -0.4 is 16.2 Å². The molecule has 0 saturated heterocycles.